The molecule has 5 heteroatoms. The molecule has 1 N–H and O–H groups in total. The fourth-order valence-electron chi connectivity index (χ4n) is 2.34. The van der Waals surface area contributed by atoms with Gasteiger partial charge in [-0.2, -0.15) is 0 Å². The lowest BCUT2D eigenvalue weighted by molar-refractivity contribution is -0.118. The van der Waals surface area contributed by atoms with Gasteiger partial charge in [0.2, 0.25) is 0 Å². The van der Waals surface area contributed by atoms with Crippen LogP contribution in [0.2, 0.25) is 0 Å². The minimum absolute atomic E-state index is 0.0176. The number of hydrogen-bond acceptors (Lipinski definition) is 2. The highest BCUT2D eigenvalue weighted by molar-refractivity contribution is 9.10. The van der Waals surface area contributed by atoms with E-state index in [9.17, 15) is 4.79 Å². The highest BCUT2D eigenvalue weighted by atomic mass is 79.9. The highest BCUT2D eigenvalue weighted by Gasteiger charge is 2.13. The van der Waals surface area contributed by atoms with Crippen molar-refractivity contribution in [2.45, 2.75) is 33.6 Å². The second-order valence-corrected chi connectivity index (χ2v) is 7.86. The average Bonchev–Trinajstić information content (AvgIpc) is 2.50. The lowest BCUT2D eigenvalue weighted by Crippen LogP contribution is -2.21. The van der Waals surface area contributed by atoms with Crippen LogP contribution in [0.15, 0.2) is 39.3 Å². The van der Waals surface area contributed by atoms with Gasteiger partial charge in [0.05, 0.1) is 0 Å². The van der Waals surface area contributed by atoms with Gasteiger partial charge in [0.15, 0.2) is 6.61 Å². The summed E-state index contributed by atoms with van der Waals surface area (Å²) in [5.74, 6) is 0.901. The molecule has 0 spiro atoms. The van der Waals surface area contributed by atoms with Crippen LogP contribution in [0.1, 0.15) is 36.5 Å². The molecule has 0 fully saturated rings. The number of halogens is 2. The van der Waals surface area contributed by atoms with Crippen LogP contribution < -0.4 is 10.1 Å². The van der Waals surface area contributed by atoms with Crippen molar-refractivity contribution in [2.24, 2.45) is 0 Å². The fraction of sp³-hybridized carbons (Fsp3) is 0.316. The summed E-state index contributed by atoms with van der Waals surface area (Å²) in [6, 6.07) is 9.77. The normalized spacial score (nSPS) is 10.8. The van der Waals surface area contributed by atoms with Crippen molar-refractivity contribution >= 4 is 43.5 Å². The van der Waals surface area contributed by atoms with Crippen molar-refractivity contribution in [1.82, 2.24) is 0 Å². The zero-order valence-electron chi connectivity index (χ0n) is 14.2. The predicted octanol–water partition coefficient (Wildman–Crippen LogP) is 5.97. The van der Waals surface area contributed by atoms with Crippen LogP contribution >= 0.6 is 31.9 Å². The molecule has 24 heavy (non-hydrogen) atoms. The molecule has 2 aromatic rings. The highest BCUT2D eigenvalue weighted by Crippen LogP contribution is 2.32. The number of aryl methyl sites for hydroxylation is 2. The van der Waals surface area contributed by atoms with Crippen molar-refractivity contribution < 1.29 is 9.53 Å². The first-order valence-electron chi connectivity index (χ1n) is 7.76. The number of ether oxygens (including phenoxy) is 1. The van der Waals surface area contributed by atoms with Crippen molar-refractivity contribution in [3.05, 3.63) is 56.0 Å². The molecule has 0 saturated carbocycles. The van der Waals surface area contributed by atoms with E-state index in [1.54, 1.807) is 0 Å². The Hall–Kier alpha value is -1.33. The van der Waals surface area contributed by atoms with Crippen LogP contribution in [-0.4, -0.2) is 12.5 Å². The van der Waals surface area contributed by atoms with Gasteiger partial charge in [0.25, 0.3) is 5.91 Å². The fourth-order valence-corrected chi connectivity index (χ4v) is 3.18. The third kappa shape index (κ3) is 4.84. The van der Waals surface area contributed by atoms with Gasteiger partial charge < -0.3 is 10.1 Å². The molecule has 0 bridgehead atoms. The molecule has 0 unspecified atom stereocenters. The van der Waals surface area contributed by atoms with E-state index in [0.29, 0.717) is 5.92 Å². The van der Waals surface area contributed by atoms with E-state index in [4.69, 9.17) is 4.74 Å². The van der Waals surface area contributed by atoms with E-state index in [2.05, 4.69) is 57.1 Å². The first kappa shape index (κ1) is 19.0. The molecule has 0 atom stereocenters. The maximum Gasteiger partial charge on any atom is 0.262 e. The number of carbonyl (C=O) groups excluding carboxylic acids is 1. The van der Waals surface area contributed by atoms with E-state index in [1.807, 2.05) is 38.1 Å². The summed E-state index contributed by atoms with van der Waals surface area (Å²) in [6.07, 6.45) is 0. The van der Waals surface area contributed by atoms with Crippen molar-refractivity contribution in [1.29, 1.82) is 0 Å². The van der Waals surface area contributed by atoms with Crippen LogP contribution in [0, 0.1) is 13.8 Å². The summed E-state index contributed by atoms with van der Waals surface area (Å²) in [4.78, 5) is 12.2. The second kappa shape index (κ2) is 8.17. The molecule has 0 aliphatic heterocycles. The Morgan fingerprint density at radius 3 is 2.46 bits per heavy atom. The Morgan fingerprint density at radius 1 is 1.12 bits per heavy atom. The number of amides is 1. The number of hydrogen-bond donors (Lipinski definition) is 1. The molecule has 0 aliphatic carbocycles. The number of benzene rings is 2. The van der Waals surface area contributed by atoms with E-state index >= 15 is 0 Å². The number of rotatable bonds is 5. The van der Waals surface area contributed by atoms with E-state index in [1.165, 1.54) is 0 Å². The van der Waals surface area contributed by atoms with Crippen LogP contribution in [-0.2, 0) is 4.79 Å². The van der Waals surface area contributed by atoms with E-state index < -0.39 is 0 Å². The summed E-state index contributed by atoms with van der Waals surface area (Å²) in [7, 11) is 0. The van der Waals surface area contributed by atoms with E-state index in [-0.39, 0.29) is 12.5 Å². The van der Waals surface area contributed by atoms with Crippen LogP contribution in [0.3, 0.4) is 0 Å². The summed E-state index contributed by atoms with van der Waals surface area (Å²) < 4.78 is 7.83. The first-order valence-corrected chi connectivity index (χ1v) is 9.35. The predicted molar refractivity (Wildman–Crippen MR) is 106 cm³/mol. The van der Waals surface area contributed by atoms with Gasteiger partial charge in [-0.25, -0.2) is 0 Å². The molecule has 0 saturated heterocycles. The third-order valence-electron chi connectivity index (χ3n) is 3.73. The molecule has 0 radical (unpaired) electrons. The summed E-state index contributed by atoms with van der Waals surface area (Å²) in [6.45, 7) is 8.16. The Kier molecular flexibility index (Phi) is 6.47. The van der Waals surface area contributed by atoms with Gasteiger partial charge in [-0.05, 0) is 66.8 Å². The number of anilines is 1. The van der Waals surface area contributed by atoms with Crippen LogP contribution in [0.25, 0.3) is 0 Å². The maximum absolute atomic E-state index is 12.2. The molecule has 3 nitrogen and oxygen atoms in total. The first-order chi connectivity index (χ1) is 11.3. The molecule has 2 aromatic carbocycles. The smallest absolute Gasteiger partial charge is 0.262 e. The zero-order chi connectivity index (χ0) is 17.9. The van der Waals surface area contributed by atoms with Crippen LogP contribution in [0.4, 0.5) is 5.69 Å². The molecule has 2 rings (SSSR count). The molecule has 0 heterocycles. The maximum atomic E-state index is 12.2. The molecule has 128 valence electrons. The molecular weight excluding hydrogens is 434 g/mol. The summed E-state index contributed by atoms with van der Waals surface area (Å²) in [5.41, 5.74) is 3.96. The van der Waals surface area contributed by atoms with Crippen LogP contribution in [0.5, 0.6) is 5.75 Å². The monoisotopic (exact) mass is 453 g/mol. The zero-order valence-corrected chi connectivity index (χ0v) is 17.4. The quantitative estimate of drug-likeness (QED) is 0.604. The SMILES string of the molecule is Cc1cc(OCC(=O)Nc2ccc(Br)cc2C)c(C(C)C)cc1Br. The molecular formula is C19H21Br2NO2. The van der Waals surface area contributed by atoms with Crippen molar-refractivity contribution in [3.8, 4) is 5.75 Å². The van der Waals surface area contributed by atoms with Crippen molar-refractivity contribution in [2.75, 3.05) is 11.9 Å². The summed E-state index contributed by atoms with van der Waals surface area (Å²) >= 11 is 6.96. The minimum atomic E-state index is -0.171. The minimum Gasteiger partial charge on any atom is -0.483 e. The topological polar surface area (TPSA) is 38.3 Å². The summed E-state index contributed by atoms with van der Waals surface area (Å²) in [5, 5.41) is 2.89. The Bertz CT molecular complexity index is 757. The third-order valence-corrected chi connectivity index (χ3v) is 5.08. The lowest BCUT2D eigenvalue weighted by atomic mass is 10.0. The van der Waals surface area contributed by atoms with E-state index in [0.717, 1.165) is 37.1 Å². The average molecular weight is 455 g/mol. The Labute approximate surface area is 160 Å². The Morgan fingerprint density at radius 2 is 1.83 bits per heavy atom. The molecule has 1 amide bonds. The van der Waals surface area contributed by atoms with Crippen molar-refractivity contribution in [3.63, 3.8) is 0 Å². The number of carbonyl (C=O) groups is 1. The van der Waals surface area contributed by atoms with Gasteiger partial charge in [-0.15, -0.1) is 0 Å². The second-order valence-electron chi connectivity index (χ2n) is 6.09. The molecule has 0 aromatic heterocycles. The molecule has 0 aliphatic rings. The standard InChI is InChI=1S/C19H21Br2NO2/c1-11(2)15-9-16(21)12(3)8-18(15)24-10-19(23)22-17-6-5-14(20)7-13(17)4/h5-9,11H,10H2,1-4H3,(H,22,23). The Balaban J connectivity index is 2.07. The van der Waals surface area contributed by atoms with Gasteiger partial charge >= 0.3 is 0 Å². The largest absolute Gasteiger partial charge is 0.483 e. The van der Waals surface area contributed by atoms with Gasteiger partial charge in [-0.3, -0.25) is 4.79 Å². The van der Waals surface area contributed by atoms with Gasteiger partial charge in [0.1, 0.15) is 5.75 Å². The lowest BCUT2D eigenvalue weighted by Gasteiger charge is -2.16. The van der Waals surface area contributed by atoms with Gasteiger partial charge in [-0.1, -0.05) is 45.7 Å². The number of nitrogens with one attached hydrogen (secondary N) is 1. The van der Waals surface area contributed by atoms with Gasteiger partial charge in [0, 0.05) is 14.6 Å².